The minimum Gasteiger partial charge on any atom is -0.223 e. The molecule has 0 bridgehead atoms. The van der Waals surface area contributed by atoms with Gasteiger partial charge >= 0.3 is 0 Å². The van der Waals surface area contributed by atoms with Crippen molar-refractivity contribution in [1.29, 1.82) is 0 Å². The summed E-state index contributed by atoms with van der Waals surface area (Å²) in [5.74, 6) is 0.523. The fourth-order valence-electron chi connectivity index (χ4n) is 4.49. The van der Waals surface area contributed by atoms with Gasteiger partial charge in [0.25, 0.3) is 0 Å². The fraction of sp³-hybridized carbons (Fsp3) is 0.0690. The van der Waals surface area contributed by atoms with E-state index in [-0.39, 0.29) is 6.04 Å². The first-order valence-electron chi connectivity index (χ1n) is 11.4. The molecule has 170 valence electrons. The molecule has 35 heavy (non-hydrogen) atoms. The van der Waals surface area contributed by atoms with Crippen LogP contribution in [0.4, 0.5) is 5.95 Å². The summed E-state index contributed by atoms with van der Waals surface area (Å²) in [5, 5.41) is 9.17. The van der Waals surface area contributed by atoms with Gasteiger partial charge < -0.3 is 0 Å². The Hall–Kier alpha value is -3.73. The van der Waals surface area contributed by atoms with E-state index >= 15 is 0 Å². The van der Waals surface area contributed by atoms with Crippen molar-refractivity contribution in [2.75, 3.05) is 5.01 Å². The van der Waals surface area contributed by atoms with Crippen LogP contribution in [0.3, 0.4) is 0 Å². The van der Waals surface area contributed by atoms with Crippen LogP contribution >= 0.6 is 23.2 Å². The van der Waals surface area contributed by atoms with Gasteiger partial charge in [-0.15, -0.1) is 0 Å². The number of hydrogen-bond donors (Lipinski definition) is 0. The molecule has 0 radical (unpaired) electrons. The maximum atomic E-state index is 6.66. The summed E-state index contributed by atoms with van der Waals surface area (Å²) < 4.78 is 0. The van der Waals surface area contributed by atoms with Gasteiger partial charge in [0.1, 0.15) is 0 Å². The molecule has 1 aliphatic heterocycles. The predicted octanol–water partition coefficient (Wildman–Crippen LogP) is 7.96. The van der Waals surface area contributed by atoms with E-state index < -0.39 is 0 Å². The molecule has 4 nitrogen and oxygen atoms in total. The second-order valence-corrected chi connectivity index (χ2v) is 9.24. The third-order valence-electron chi connectivity index (χ3n) is 6.18. The van der Waals surface area contributed by atoms with Crippen LogP contribution in [-0.4, -0.2) is 15.7 Å². The smallest absolute Gasteiger partial charge is 0.223 e. The molecule has 1 aliphatic rings. The summed E-state index contributed by atoms with van der Waals surface area (Å²) in [4.78, 5) is 9.96. The van der Waals surface area contributed by atoms with Crippen LogP contribution in [0, 0.1) is 0 Å². The zero-order chi connectivity index (χ0) is 23.8. The normalized spacial score (nSPS) is 15.4. The molecule has 0 amide bonds. The summed E-state index contributed by atoms with van der Waals surface area (Å²) in [6, 6.07) is 33.7. The maximum Gasteiger partial charge on any atom is 0.247 e. The van der Waals surface area contributed by atoms with Gasteiger partial charge in [0.2, 0.25) is 5.95 Å². The Morgan fingerprint density at radius 2 is 1.40 bits per heavy atom. The number of benzene rings is 4. The summed E-state index contributed by atoms with van der Waals surface area (Å²) in [6.07, 6.45) is 0.691. The lowest BCUT2D eigenvalue weighted by molar-refractivity contribution is 0.689. The highest BCUT2D eigenvalue weighted by atomic mass is 35.5. The molecule has 0 unspecified atom stereocenters. The van der Waals surface area contributed by atoms with E-state index in [4.69, 9.17) is 38.3 Å². The average molecular weight is 495 g/mol. The van der Waals surface area contributed by atoms with Gasteiger partial charge in [0.05, 0.1) is 23.0 Å². The van der Waals surface area contributed by atoms with Gasteiger partial charge in [0.15, 0.2) is 0 Å². The molecule has 0 fully saturated rings. The van der Waals surface area contributed by atoms with Crippen LogP contribution in [-0.2, 0) is 0 Å². The van der Waals surface area contributed by atoms with E-state index in [0.717, 1.165) is 39.0 Å². The number of rotatable bonds is 4. The van der Waals surface area contributed by atoms with Crippen LogP contribution < -0.4 is 5.01 Å². The van der Waals surface area contributed by atoms with Crippen molar-refractivity contribution in [3.8, 4) is 11.3 Å². The van der Waals surface area contributed by atoms with Gasteiger partial charge in [-0.1, -0.05) is 102 Å². The lowest BCUT2D eigenvalue weighted by Gasteiger charge is -2.23. The van der Waals surface area contributed by atoms with E-state index in [1.807, 2.05) is 96.0 Å². The zero-order valence-corrected chi connectivity index (χ0v) is 20.2. The lowest BCUT2D eigenvalue weighted by atomic mass is 9.98. The van der Waals surface area contributed by atoms with E-state index in [0.29, 0.717) is 22.4 Å². The quantitative estimate of drug-likeness (QED) is 0.254. The highest BCUT2D eigenvalue weighted by molar-refractivity contribution is 6.31. The van der Waals surface area contributed by atoms with Gasteiger partial charge in [-0.25, -0.2) is 15.0 Å². The Morgan fingerprint density at radius 3 is 2.14 bits per heavy atom. The van der Waals surface area contributed by atoms with Crippen molar-refractivity contribution in [3.63, 3.8) is 0 Å². The minimum atomic E-state index is -0.132. The third kappa shape index (κ3) is 4.16. The van der Waals surface area contributed by atoms with E-state index in [1.165, 1.54) is 0 Å². The van der Waals surface area contributed by atoms with Crippen LogP contribution in [0.2, 0.25) is 10.0 Å². The van der Waals surface area contributed by atoms with Crippen molar-refractivity contribution < 1.29 is 0 Å². The lowest BCUT2D eigenvalue weighted by Crippen LogP contribution is -2.21. The SMILES string of the molecule is Clc1ccc2nc(N3N=C(c4ccccc4)C[C@@H]3c3ccccc3Cl)nc(-c3ccccc3)c2c1. The highest BCUT2D eigenvalue weighted by Crippen LogP contribution is 2.40. The Balaban J connectivity index is 1.56. The first-order chi connectivity index (χ1) is 17.2. The molecule has 4 aromatic carbocycles. The average Bonchev–Trinajstić information content (AvgIpc) is 3.35. The number of anilines is 1. The number of nitrogens with zero attached hydrogens (tertiary/aromatic N) is 4. The number of halogens is 2. The summed E-state index contributed by atoms with van der Waals surface area (Å²) in [5.41, 5.74) is 5.64. The summed E-state index contributed by atoms with van der Waals surface area (Å²) >= 11 is 13.0. The van der Waals surface area contributed by atoms with Crippen LogP contribution in [0.25, 0.3) is 22.2 Å². The summed E-state index contributed by atoms with van der Waals surface area (Å²) in [7, 11) is 0. The van der Waals surface area contributed by atoms with Crippen molar-refractivity contribution in [1.82, 2.24) is 9.97 Å². The Morgan fingerprint density at radius 1 is 0.714 bits per heavy atom. The topological polar surface area (TPSA) is 41.4 Å². The van der Waals surface area contributed by atoms with E-state index in [2.05, 4.69) is 12.1 Å². The van der Waals surface area contributed by atoms with Crippen molar-refractivity contribution in [3.05, 3.63) is 124 Å². The Labute approximate surface area is 213 Å². The molecule has 0 aliphatic carbocycles. The number of fused-ring (bicyclic) bond motifs is 1. The van der Waals surface area contributed by atoms with Gasteiger partial charge in [-0.2, -0.15) is 5.10 Å². The largest absolute Gasteiger partial charge is 0.247 e. The number of hydrogen-bond acceptors (Lipinski definition) is 4. The van der Waals surface area contributed by atoms with E-state index in [1.54, 1.807) is 0 Å². The van der Waals surface area contributed by atoms with Gasteiger partial charge in [-0.05, 0) is 35.4 Å². The molecule has 6 rings (SSSR count). The van der Waals surface area contributed by atoms with Gasteiger partial charge in [-0.3, -0.25) is 0 Å². The van der Waals surface area contributed by atoms with Crippen molar-refractivity contribution >= 4 is 45.8 Å². The molecule has 6 heteroatoms. The van der Waals surface area contributed by atoms with Gasteiger partial charge in [0, 0.05) is 27.4 Å². The maximum absolute atomic E-state index is 6.66. The number of aromatic nitrogens is 2. The standard InChI is InChI=1S/C29H20Cl2N4/c30-21-15-16-25-23(17-21)28(20-11-5-2-6-12-20)33-29(32-25)35-27(22-13-7-8-14-24(22)31)18-26(34-35)19-9-3-1-4-10-19/h1-17,27H,18H2/t27-/m1/s1. The van der Waals surface area contributed by atoms with Crippen LogP contribution in [0.15, 0.2) is 108 Å². The fourth-order valence-corrected chi connectivity index (χ4v) is 4.93. The monoisotopic (exact) mass is 494 g/mol. The summed E-state index contributed by atoms with van der Waals surface area (Å²) in [6.45, 7) is 0. The van der Waals surface area contributed by atoms with Crippen LogP contribution in [0.1, 0.15) is 23.6 Å². The highest BCUT2D eigenvalue weighted by Gasteiger charge is 2.33. The second-order valence-electron chi connectivity index (χ2n) is 8.40. The molecule has 0 saturated carbocycles. The van der Waals surface area contributed by atoms with Crippen molar-refractivity contribution in [2.45, 2.75) is 12.5 Å². The minimum absolute atomic E-state index is 0.132. The molecule has 1 atom stereocenters. The molecule has 0 spiro atoms. The molecule has 0 N–H and O–H groups in total. The molecule has 1 aromatic heterocycles. The first-order valence-corrected chi connectivity index (χ1v) is 12.1. The molecular weight excluding hydrogens is 475 g/mol. The number of hydrazone groups is 1. The molecule has 0 saturated heterocycles. The molecule has 2 heterocycles. The molecular formula is C29H20Cl2N4. The van der Waals surface area contributed by atoms with Crippen molar-refractivity contribution in [2.24, 2.45) is 5.10 Å². The predicted molar refractivity (Wildman–Crippen MR) is 144 cm³/mol. The second kappa shape index (κ2) is 9.14. The third-order valence-corrected chi connectivity index (χ3v) is 6.76. The first kappa shape index (κ1) is 21.8. The Bertz CT molecular complexity index is 1550. The Kier molecular flexibility index (Phi) is 5.69. The van der Waals surface area contributed by atoms with Crippen LogP contribution in [0.5, 0.6) is 0 Å². The zero-order valence-electron chi connectivity index (χ0n) is 18.6. The van der Waals surface area contributed by atoms with E-state index in [9.17, 15) is 0 Å². The molecule has 5 aromatic rings.